The van der Waals surface area contributed by atoms with E-state index in [1.165, 1.54) is 231 Å². The second kappa shape index (κ2) is 72.9. The lowest BCUT2D eigenvalue weighted by Crippen LogP contribution is -2.30. The van der Waals surface area contributed by atoms with Crippen molar-refractivity contribution in [3.63, 3.8) is 0 Å². The average molecular weight is 1510 g/mol. The van der Waals surface area contributed by atoms with E-state index in [4.69, 9.17) is 37.0 Å². The van der Waals surface area contributed by atoms with Gasteiger partial charge >= 0.3 is 39.5 Å². The zero-order valence-corrected chi connectivity index (χ0v) is 69.7. The Morgan fingerprint density at radius 2 is 0.466 bits per heavy atom. The van der Waals surface area contributed by atoms with Crippen LogP contribution in [0.1, 0.15) is 434 Å². The van der Waals surface area contributed by atoms with Crippen molar-refractivity contribution in [2.24, 2.45) is 23.7 Å². The number of unbranched alkanes of at least 4 members (excludes halogenated alkanes) is 46. The Morgan fingerprint density at radius 3 is 0.689 bits per heavy atom. The average Bonchev–Trinajstić information content (AvgIpc) is 0.916. The van der Waals surface area contributed by atoms with E-state index in [1.54, 1.807) is 0 Å². The topological polar surface area (TPSA) is 237 Å². The molecule has 19 heteroatoms. The van der Waals surface area contributed by atoms with Crippen LogP contribution in [0, 0.1) is 23.7 Å². The molecule has 0 fully saturated rings. The summed E-state index contributed by atoms with van der Waals surface area (Å²) in [6.45, 7) is 14.3. The first-order valence-corrected chi connectivity index (χ1v) is 46.2. The zero-order chi connectivity index (χ0) is 76.0. The lowest BCUT2D eigenvalue weighted by Gasteiger charge is -2.21. The maximum Gasteiger partial charge on any atom is 0.472 e. The fourth-order valence-corrected chi connectivity index (χ4v) is 14.5. The summed E-state index contributed by atoms with van der Waals surface area (Å²) in [5.74, 6) is 1.02. The molecule has 0 aromatic rings. The van der Waals surface area contributed by atoms with E-state index in [2.05, 4.69) is 55.4 Å². The molecule has 0 aliphatic carbocycles. The van der Waals surface area contributed by atoms with Gasteiger partial charge < -0.3 is 33.8 Å². The van der Waals surface area contributed by atoms with Gasteiger partial charge in [0.1, 0.15) is 19.3 Å². The lowest BCUT2D eigenvalue weighted by atomic mass is 9.99. The minimum Gasteiger partial charge on any atom is -0.462 e. The monoisotopic (exact) mass is 1510 g/mol. The molecule has 0 bridgehead atoms. The molecule has 4 unspecified atom stereocenters. The van der Waals surface area contributed by atoms with E-state index in [0.717, 1.165) is 114 Å². The van der Waals surface area contributed by atoms with Gasteiger partial charge in [-0.1, -0.05) is 383 Å². The van der Waals surface area contributed by atoms with E-state index >= 15 is 0 Å². The Morgan fingerprint density at radius 1 is 0.272 bits per heavy atom. The van der Waals surface area contributed by atoms with Crippen LogP contribution in [0.3, 0.4) is 0 Å². The first-order chi connectivity index (χ1) is 49.6. The molecule has 103 heavy (non-hydrogen) atoms. The molecule has 3 N–H and O–H groups in total. The summed E-state index contributed by atoms with van der Waals surface area (Å²) in [4.78, 5) is 73.1. The second-order valence-corrected chi connectivity index (χ2v) is 34.8. The zero-order valence-electron chi connectivity index (χ0n) is 68.0. The van der Waals surface area contributed by atoms with Gasteiger partial charge in [-0.2, -0.15) is 0 Å². The maximum absolute atomic E-state index is 13.1. The maximum atomic E-state index is 13.1. The number of phosphoric ester groups is 2. The summed E-state index contributed by atoms with van der Waals surface area (Å²) in [7, 11) is -9.92. The summed E-state index contributed by atoms with van der Waals surface area (Å²) >= 11 is 0. The van der Waals surface area contributed by atoms with Gasteiger partial charge in [0.05, 0.1) is 26.4 Å². The number of rotatable bonds is 81. The SMILES string of the molecule is CCC(C)CCCCCCCCCCCCCCCCCCCCC(=O)OC[C@H](COP(=O)(O)OCC(O)COP(=O)(O)OC[C@@H](COC(=O)CCCCCCCCCC(C)C)OC(=O)CCCCCCCCCCCCCCCCCC(C)C)OC(=O)CCCCCCCCCCCCC(C)C. The summed E-state index contributed by atoms with van der Waals surface area (Å²) in [6, 6.07) is 0. The molecule has 0 heterocycles. The molecule has 0 spiro atoms. The van der Waals surface area contributed by atoms with Crippen molar-refractivity contribution in [3.8, 4) is 0 Å². The molecule has 0 rings (SSSR count). The van der Waals surface area contributed by atoms with Crippen molar-refractivity contribution in [2.75, 3.05) is 39.6 Å². The molecule has 0 saturated carbocycles. The molecule has 0 aliphatic heterocycles. The largest absolute Gasteiger partial charge is 0.472 e. The first-order valence-electron chi connectivity index (χ1n) is 43.2. The quantitative estimate of drug-likeness (QED) is 0.0222. The van der Waals surface area contributed by atoms with Gasteiger partial charge in [0, 0.05) is 25.7 Å². The van der Waals surface area contributed by atoms with Gasteiger partial charge in [-0.05, 0) is 49.4 Å². The molecule has 0 saturated heterocycles. The number of carbonyl (C=O) groups excluding carboxylic acids is 4. The number of carbonyl (C=O) groups is 4. The summed E-state index contributed by atoms with van der Waals surface area (Å²) in [5, 5.41) is 10.7. The second-order valence-electron chi connectivity index (χ2n) is 31.9. The van der Waals surface area contributed by atoms with Crippen LogP contribution >= 0.6 is 15.6 Å². The van der Waals surface area contributed by atoms with Crippen molar-refractivity contribution >= 4 is 39.5 Å². The third-order valence-corrected chi connectivity index (χ3v) is 21.8. The molecule has 0 aromatic carbocycles. The highest BCUT2D eigenvalue weighted by Crippen LogP contribution is 2.45. The number of hydrogen-bond donors (Lipinski definition) is 3. The van der Waals surface area contributed by atoms with Crippen LogP contribution in [0.25, 0.3) is 0 Å². The Kier molecular flexibility index (Phi) is 71.5. The first kappa shape index (κ1) is 101. The third-order valence-electron chi connectivity index (χ3n) is 19.9. The molecule has 0 aliphatic rings. The van der Waals surface area contributed by atoms with E-state index < -0.39 is 97.5 Å². The van der Waals surface area contributed by atoms with Gasteiger partial charge in [-0.15, -0.1) is 0 Å². The number of phosphoric acid groups is 2. The normalized spacial score (nSPS) is 14.2. The van der Waals surface area contributed by atoms with Gasteiger partial charge in [0.2, 0.25) is 0 Å². The fourth-order valence-electron chi connectivity index (χ4n) is 12.9. The molecule has 612 valence electrons. The van der Waals surface area contributed by atoms with Crippen LogP contribution in [0.4, 0.5) is 0 Å². The number of hydrogen-bond acceptors (Lipinski definition) is 15. The van der Waals surface area contributed by atoms with Crippen molar-refractivity contribution in [2.45, 2.75) is 453 Å². The fraction of sp³-hybridized carbons (Fsp3) is 0.952. The summed E-state index contributed by atoms with van der Waals surface area (Å²) in [6.07, 6.45) is 61.2. The van der Waals surface area contributed by atoms with Crippen molar-refractivity contribution in [1.82, 2.24) is 0 Å². The predicted octanol–water partition coefficient (Wildman–Crippen LogP) is 25.2. The van der Waals surface area contributed by atoms with Crippen molar-refractivity contribution < 1.29 is 80.2 Å². The van der Waals surface area contributed by atoms with Crippen LogP contribution in [0.5, 0.6) is 0 Å². The van der Waals surface area contributed by atoms with E-state index in [9.17, 15) is 43.2 Å². The third kappa shape index (κ3) is 76.6. The van der Waals surface area contributed by atoms with Crippen molar-refractivity contribution in [3.05, 3.63) is 0 Å². The van der Waals surface area contributed by atoms with Crippen LogP contribution < -0.4 is 0 Å². The minimum absolute atomic E-state index is 0.106. The van der Waals surface area contributed by atoms with Crippen LogP contribution in [-0.2, 0) is 65.4 Å². The Hall–Kier alpha value is -1.94. The molecule has 0 radical (unpaired) electrons. The number of ether oxygens (including phenoxy) is 4. The predicted molar refractivity (Wildman–Crippen MR) is 423 cm³/mol. The van der Waals surface area contributed by atoms with E-state index in [-0.39, 0.29) is 25.7 Å². The van der Waals surface area contributed by atoms with Crippen LogP contribution in [0.15, 0.2) is 0 Å². The van der Waals surface area contributed by atoms with E-state index in [1.807, 2.05) is 0 Å². The molecular weight excluding hydrogens is 1340 g/mol. The smallest absolute Gasteiger partial charge is 0.462 e. The Bertz CT molecular complexity index is 2010. The van der Waals surface area contributed by atoms with Crippen molar-refractivity contribution in [1.29, 1.82) is 0 Å². The number of aliphatic hydroxyl groups is 1. The van der Waals surface area contributed by atoms with E-state index in [0.29, 0.717) is 31.6 Å². The number of aliphatic hydroxyl groups excluding tert-OH is 1. The minimum atomic E-state index is -4.96. The van der Waals surface area contributed by atoms with Crippen LogP contribution in [0.2, 0.25) is 0 Å². The van der Waals surface area contributed by atoms with Gasteiger partial charge in [0.15, 0.2) is 12.2 Å². The molecular formula is C84H164O17P2. The highest BCUT2D eigenvalue weighted by molar-refractivity contribution is 7.47. The highest BCUT2D eigenvalue weighted by atomic mass is 31.2. The molecule has 0 amide bonds. The lowest BCUT2D eigenvalue weighted by molar-refractivity contribution is -0.161. The van der Waals surface area contributed by atoms with Gasteiger partial charge in [0.25, 0.3) is 0 Å². The van der Waals surface area contributed by atoms with Crippen LogP contribution in [-0.4, -0.2) is 96.7 Å². The van der Waals surface area contributed by atoms with Gasteiger partial charge in [-0.3, -0.25) is 37.3 Å². The highest BCUT2D eigenvalue weighted by Gasteiger charge is 2.30. The number of esters is 4. The standard InChI is InChI=1S/C84H164O17P2/c1-9-77(8)63-55-47-39-31-24-20-16-12-10-11-13-17-21-25-32-40-48-56-64-81(86)94-70-79(100-84(89)67-59-51-42-34-28-27-30-37-45-53-61-75(4)5)72-98-102(90,91)96-68-78(85)69-97-103(92,93)99-73-80(71-95-82(87)65-57-49-43-35-38-46-54-62-76(6)7)101-83(88)66-58-50-41-33-26-22-18-14-15-19-23-29-36-44-52-60-74(2)3/h74-80,85H,9-73H2,1-8H3,(H,90,91)(H,92,93)/t77?,78?,79-,80-/m1/s1. The van der Waals surface area contributed by atoms with Gasteiger partial charge in [-0.25, -0.2) is 9.13 Å². The molecule has 17 nitrogen and oxygen atoms in total. The summed E-state index contributed by atoms with van der Waals surface area (Å²) < 4.78 is 68.8. The summed E-state index contributed by atoms with van der Waals surface area (Å²) in [5.41, 5.74) is 0. The molecule has 6 atom stereocenters. The Labute approximate surface area is 632 Å². The Balaban J connectivity index is 5.18. The molecule has 0 aromatic heterocycles.